The Kier molecular flexibility index (Phi) is 8.16. The first kappa shape index (κ1) is 20.0. The number of hydrogen-bond donors (Lipinski definition) is 1. The third-order valence-corrected chi connectivity index (χ3v) is 4.60. The van der Waals surface area contributed by atoms with Gasteiger partial charge in [0.05, 0.1) is 0 Å². The van der Waals surface area contributed by atoms with Crippen LogP contribution in [0.2, 0.25) is 0 Å². The van der Waals surface area contributed by atoms with Gasteiger partial charge in [-0.05, 0) is 43.3 Å². The van der Waals surface area contributed by atoms with E-state index < -0.39 is 0 Å². The van der Waals surface area contributed by atoms with Gasteiger partial charge in [0.25, 0.3) is 5.91 Å². The largest absolute Gasteiger partial charge is 0.492 e. The van der Waals surface area contributed by atoms with Crippen molar-refractivity contribution in [2.75, 3.05) is 26.2 Å². The molecule has 0 fully saturated rings. The summed E-state index contributed by atoms with van der Waals surface area (Å²) in [5, 5.41) is 2.99. The number of aryl methyl sites for hydroxylation is 1. The second-order valence-electron chi connectivity index (χ2n) is 6.22. The summed E-state index contributed by atoms with van der Waals surface area (Å²) in [4.78, 5) is 14.7. The highest BCUT2D eigenvalue weighted by Gasteiger charge is 2.08. The van der Waals surface area contributed by atoms with Gasteiger partial charge in [0.1, 0.15) is 12.4 Å². The monoisotopic (exact) mass is 354 g/mol. The number of amides is 1. The highest BCUT2D eigenvalue weighted by Crippen LogP contribution is 2.18. The SMILES string of the molecule is CCc1ccc(C(=O)NCc2ccccc2OCCN(CC)CC)cc1. The van der Waals surface area contributed by atoms with E-state index in [-0.39, 0.29) is 5.91 Å². The molecule has 0 saturated heterocycles. The number of para-hydroxylation sites is 1. The number of nitrogens with zero attached hydrogens (tertiary/aromatic N) is 1. The molecule has 4 nitrogen and oxygen atoms in total. The van der Waals surface area contributed by atoms with Crippen LogP contribution in [0, 0.1) is 0 Å². The average molecular weight is 354 g/mol. The standard InChI is InChI=1S/C22H30N2O2/c1-4-18-11-13-19(14-12-18)22(25)23-17-20-9-7-8-10-21(20)26-16-15-24(5-2)6-3/h7-14H,4-6,15-17H2,1-3H3,(H,23,25). The minimum absolute atomic E-state index is 0.0643. The van der Waals surface area contributed by atoms with Crippen molar-refractivity contribution in [3.63, 3.8) is 0 Å². The predicted molar refractivity (Wildman–Crippen MR) is 107 cm³/mol. The Morgan fingerprint density at radius 1 is 1.00 bits per heavy atom. The highest BCUT2D eigenvalue weighted by molar-refractivity contribution is 5.94. The van der Waals surface area contributed by atoms with Crippen molar-refractivity contribution in [3.05, 3.63) is 65.2 Å². The molecule has 1 N–H and O–H groups in total. The number of benzene rings is 2. The number of carbonyl (C=O) groups is 1. The van der Waals surface area contributed by atoms with Gasteiger partial charge in [-0.1, -0.05) is 51.1 Å². The second-order valence-corrected chi connectivity index (χ2v) is 6.22. The van der Waals surface area contributed by atoms with Crippen LogP contribution in [0.15, 0.2) is 48.5 Å². The van der Waals surface area contributed by atoms with Gasteiger partial charge in [-0.2, -0.15) is 0 Å². The summed E-state index contributed by atoms with van der Waals surface area (Å²) in [6.45, 7) is 10.5. The Bertz CT molecular complexity index is 679. The van der Waals surface area contributed by atoms with Gasteiger partial charge in [0.2, 0.25) is 0 Å². The number of carbonyl (C=O) groups excluding carboxylic acids is 1. The highest BCUT2D eigenvalue weighted by atomic mass is 16.5. The van der Waals surface area contributed by atoms with Crippen LogP contribution in [0.5, 0.6) is 5.75 Å². The first-order valence-corrected chi connectivity index (χ1v) is 9.48. The van der Waals surface area contributed by atoms with Gasteiger partial charge in [-0.25, -0.2) is 0 Å². The summed E-state index contributed by atoms with van der Waals surface area (Å²) in [7, 11) is 0. The van der Waals surface area contributed by atoms with Gasteiger partial charge in [0.15, 0.2) is 0 Å². The van der Waals surface area contributed by atoms with Crippen LogP contribution in [0.4, 0.5) is 0 Å². The van der Waals surface area contributed by atoms with E-state index in [1.807, 2.05) is 48.5 Å². The summed E-state index contributed by atoms with van der Waals surface area (Å²) in [5.41, 5.74) is 2.90. The van der Waals surface area contributed by atoms with Crippen LogP contribution in [0.1, 0.15) is 42.3 Å². The van der Waals surface area contributed by atoms with Crippen LogP contribution < -0.4 is 10.1 Å². The lowest BCUT2D eigenvalue weighted by atomic mass is 10.1. The lowest BCUT2D eigenvalue weighted by Gasteiger charge is -2.19. The number of hydrogen-bond acceptors (Lipinski definition) is 3. The zero-order valence-electron chi connectivity index (χ0n) is 16.1. The van der Waals surface area contributed by atoms with Crippen LogP contribution >= 0.6 is 0 Å². The average Bonchev–Trinajstić information content (AvgIpc) is 2.70. The number of nitrogens with one attached hydrogen (secondary N) is 1. The molecule has 0 aliphatic rings. The maximum Gasteiger partial charge on any atom is 0.251 e. The molecule has 0 radical (unpaired) electrons. The van der Waals surface area contributed by atoms with Gasteiger partial charge in [-0.3, -0.25) is 4.79 Å². The Morgan fingerprint density at radius 3 is 2.35 bits per heavy atom. The predicted octanol–water partition coefficient (Wildman–Crippen LogP) is 3.90. The zero-order valence-corrected chi connectivity index (χ0v) is 16.1. The van der Waals surface area contributed by atoms with E-state index in [2.05, 4.69) is 31.0 Å². The summed E-state index contributed by atoms with van der Waals surface area (Å²) in [5.74, 6) is 0.770. The van der Waals surface area contributed by atoms with E-state index >= 15 is 0 Å². The van der Waals surface area contributed by atoms with E-state index in [4.69, 9.17) is 4.74 Å². The number of ether oxygens (including phenoxy) is 1. The molecule has 0 atom stereocenters. The molecule has 0 heterocycles. The van der Waals surface area contributed by atoms with E-state index in [0.29, 0.717) is 18.7 Å². The lowest BCUT2D eigenvalue weighted by Crippen LogP contribution is -2.28. The molecular weight excluding hydrogens is 324 g/mol. The molecule has 2 rings (SSSR count). The summed E-state index contributed by atoms with van der Waals surface area (Å²) in [6, 6.07) is 15.6. The molecule has 2 aromatic carbocycles. The van der Waals surface area contributed by atoms with Gasteiger partial charge < -0.3 is 15.0 Å². The maximum atomic E-state index is 12.4. The second kappa shape index (κ2) is 10.6. The molecule has 1 amide bonds. The van der Waals surface area contributed by atoms with Crippen LogP contribution in [0.25, 0.3) is 0 Å². The Labute approximate surface area is 157 Å². The molecule has 0 unspecified atom stereocenters. The van der Waals surface area contributed by atoms with Crippen molar-refractivity contribution >= 4 is 5.91 Å². The fraction of sp³-hybridized carbons (Fsp3) is 0.409. The van der Waals surface area contributed by atoms with E-state index in [1.54, 1.807) is 0 Å². The van der Waals surface area contributed by atoms with Crippen molar-refractivity contribution in [2.45, 2.75) is 33.7 Å². The van der Waals surface area contributed by atoms with Gasteiger partial charge in [-0.15, -0.1) is 0 Å². The Hall–Kier alpha value is -2.33. The quantitative estimate of drug-likeness (QED) is 0.703. The molecule has 26 heavy (non-hydrogen) atoms. The zero-order chi connectivity index (χ0) is 18.8. The Balaban J connectivity index is 1.91. The topological polar surface area (TPSA) is 41.6 Å². The molecule has 0 aromatic heterocycles. The molecular formula is C22H30N2O2. The summed E-state index contributed by atoms with van der Waals surface area (Å²) >= 11 is 0. The van der Waals surface area contributed by atoms with Crippen LogP contribution in [0.3, 0.4) is 0 Å². The fourth-order valence-corrected chi connectivity index (χ4v) is 2.78. The van der Waals surface area contributed by atoms with Crippen molar-refractivity contribution in [1.29, 1.82) is 0 Å². The first-order valence-electron chi connectivity index (χ1n) is 9.48. The van der Waals surface area contributed by atoms with Crippen molar-refractivity contribution < 1.29 is 9.53 Å². The third kappa shape index (κ3) is 5.88. The molecule has 2 aromatic rings. The third-order valence-electron chi connectivity index (χ3n) is 4.60. The number of likely N-dealkylation sites (N-methyl/N-ethyl adjacent to an activating group) is 1. The van der Waals surface area contributed by atoms with Gasteiger partial charge in [0, 0.05) is 24.2 Å². The lowest BCUT2D eigenvalue weighted by molar-refractivity contribution is 0.0950. The number of rotatable bonds is 10. The fourth-order valence-electron chi connectivity index (χ4n) is 2.78. The molecule has 0 bridgehead atoms. The smallest absolute Gasteiger partial charge is 0.251 e. The van der Waals surface area contributed by atoms with Crippen LogP contribution in [-0.4, -0.2) is 37.0 Å². The molecule has 0 spiro atoms. The van der Waals surface area contributed by atoms with Crippen molar-refractivity contribution in [3.8, 4) is 5.75 Å². The molecule has 0 saturated carbocycles. The van der Waals surface area contributed by atoms with Gasteiger partial charge >= 0.3 is 0 Å². The minimum Gasteiger partial charge on any atom is -0.492 e. The Morgan fingerprint density at radius 2 is 1.69 bits per heavy atom. The van der Waals surface area contributed by atoms with Crippen molar-refractivity contribution in [2.24, 2.45) is 0 Å². The molecule has 0 aliphatic heterocycles. The molecule has 140 valence electrons. The molecule has 0 aliphatic carbocycles. The summed E-state index contributed by atoms with van der Waals surface area (Å²) in [6.07, 6.45) is 0.972. The van der Waals surface area contributed by atoms with E-state index in [1.165, 1.54) is 5.56 Å². The van der Waals surface area contributed by atoms with Crippen molar-refractivity contribution in [1.82, 2.24) is 10.2 Å². The summed E-state index contributed by atoms with van der Waals surface area (Å²) < 4.78 is 5.95. The minimum atomic E-state index is -0.0643. The van der Waals surface area contributed by atoms with E-state index in [9.17, 15) is 4.79 Å². The normalized spacial score (nSPS) is 10.8. The van der Waals surface area contributed by atoms with Crippen LogP contribution in [-0.2, 0) is 13.0 Å². The van der Waals surface area contributed by atoms with E-state index in [0.717, 1.165) is 37.4 Å². The maximum absolute atomic E-state index is 12.4. The molecule has 4 heteroatoms. The first-order chi connectivity index (χ1) is 12.7.